The first-order valence-electron chi connectivity index (χ1n) is 9.51. The Bertz CT molecular complexity index is 785. The Hall–Kier alpha value is -3.17. The Balaban J connectivity index is 2.99. The number of hydrogen-bond donors (Lipinski definition) is 2. The molecule has 2 atom stereocenters. The fourth-order valence-electron chi connectivity index (χ4n) is 2.73. The van der Waals surface area contributed by atoms with Crippen molar-refractivity contribution < 1.29 is 24.0 Å². The summed E-state index contributed by atoms with van der Waals surface area (Å²) in [6, 6.07) is 3.72. The molecule has 0 saturated carbocycles. The van der Waals surface area contributed by atoms with Crippen molar-refractivity contribution >= 4 is 23.6 Å². The van der Waals surface area contributed by atoms with Crippen LogP contribution in [0.25, 0.3) is 0 Å². The number of benzene rings is 1. The number of alkyl carbamates (subject to hydrolysis) is 1. The zero-order valence-corrected chi connectivity index (χ0v) is 18.2. The Morgan fingerprint density at radius 3 is 2.13 bits per heavy atom. The summed E-state index contributed by atoms with van der Waals surface area (Å²) in [5.74, 6) is -1.51. The molecule has 3 N–H and O–H groups in total. The van der Waals surface area contributed by atoms with E-state index in [4.69, 9.17) is 10.5 Å². The molecule has 0 heterocycles. The van der Waals surface area contributed by atoms with E-state index >= 15 is 0 Å². The van der Waals surface area contributed by atoms with Gasteiger partial charge in [-0.15, -0.1) is 0 Å². The first-order valence-corrected chi connectivity index (χ1v) is 9.51. The standard InChI is InChI=1S/C20H30N4O6/c1-12(2)16(22-19(27)30-20(3,4)5)18(26)23(6)15(17(21)25)11-13-7-9-14(10-8-13)24(28)29/h7-10,12,15-16H,11H2,1-6H3,(H2,21,25)(H,22,27)/t15-,16-/m0/s1. The zero-order chi connectivity index (χ0) is 23.2. The lowest BCUT2D eigenvalue weighted by Gasteiger charge is -2.32. The van der Waals surface area contributed by atoms with Gasteiger partial charge >= 0.3 is 6.09 Å². The number of nitrogens with one attached hydrogen (secondary N) is 1. The number of carbonyl (C=O) groups excluding carboxylic acids is 3. The summed E-state index contributed by atoms with van der Waals surface area (Å²) in [5.41, 5.74) is 5.30. The second-order valence-corrected chi connectivity index (χ2v) is 8.36. The molecule has 166 valence electrons. The molecule has 0 fully saturated rings. The third-order valence-electron chi connectivity index (χ3n) is 4.32. The number of likely N-dealkylation sites (N-methyl/N-ethyl adjacent to an activating group) is 1. The lowest BCUT2D eigenvalue weighted by molar-refractivity contribution is -0.384. The number of nitrogens with two attached hydrogens (primary N) is 1. The van der Waals surface area contributed by atoms with Crippen LogP contribution in [0.4, 0.5) is 10.5 Å². The number of amides is 3. The van der Waals surface area contributed by atoms with E-state index in [-0.39, 0.29) is 18.0 Å². The monoisotopic (exact) mass is 422 g/mol. The fourth-order valence-corrected chi connectivity index (χ4v) is 2.73. The maximum Gasteiger partial charge on any atom is 0.408 e. The van der Waals surface area contributed by atoms with E-state index in [0.29, 0.717) is 5.56 Å². The number of nitrogens with zero attached hydrogens (tertiary/aromatic N) is 2. The zero-order valence-electron chi connectivity index (χ0n) is 18.2. The highest BCUT2D eigenvalue weighted by Crippen LogP contribution is 2.16. The molecule has 10 heteroatoms. The molecule has 0 aliphatic carbocycles. The largest absolute Gasteiger partial charge is 0.444 e. The molecule has 0 saturated heterocycles. The lowest BCUT2D eigenvalue weighted by Crippen LogP contribution is -2.56. The number of nitro benzene ring substituents is 1. The molecule has 0 bridgehead atoms. The summed E-state index contributed by atoms with van der Waals surface area (Å²) < 4.78 is 5.21. The molecular formula is C20H30N4O6. The maximum absolute atomic E-state index is 13.0. The molecule has 0 radical (unpaired) electrons. The third kappa shape index (κ3) is 7.34. The van der Waals surface area contributed by atoms with Crippen molar-refractivity contribution in [2.75, 3.05) is 7.05 Å². The van der Waals surface area contributed by atoms with Crippen LogP contribution in [0.5, 0.6) is 0 Å². The molecule has 0 aromatic heterocycles. The van der Waals surface area contributed by atoms with Crippen LogP contribution in [-0.2, 0) is 20.7 Å². The normalized spacial score (nSPS) is 13.3. The minimum Gasteiger partial charge on any atom is -0.444 e. The van der Waals surface area contributed by atoms with E-state index in [1.807, 2.05) is 0 Å². The smallest absolute Gasteiger partial charge is 0.408 e. The van der Waals surface area contributed by atoms with Gasteiger partial charge in [0.15, 0.2) is 0 Å². The summed E-state index contributed by atoms with van der Waals surface area (Å²) in [4.78, 5) is 48.6. The van der Waals surface area contributed by atoms with Crippen LogP contribution in [0, 0.1) is 16.0 Å². The highest BCUT2D eigenvalue weighted by atomic mass is 16.6. The van der Waals surface area contributed by atoms with E-state index in [1.54, 1.807) is 34.6 Å². The van der Waals surface area contributed by atoms with Crippen LogP contribution in [0.2, 0.25) is 0 Å². The molecular weight excluding hydrogens is 392 g/mol. The number of carbonyl (C=O) groups is 3. The molecule has 0 unspecified atom stereocenters. The number of nitro groups is 1. The van der Waals surface area contributed by atoms with Crippen molar-refractivity contribution in [1.82, 2.24) is 10.2 Å². The molecule has 30 heavy (non-hydrogen) atoms. The van der Waals surface area contributed by atoms with Gasteiger partial charge in [-0.1, -0.05) is 26.0 Å². The van der Waals surface area contributed by atoms with Crippen LogP contribution in [0.15, 0.2) is 24.3 Å². The van der Waals surface area contributed by atoms with Crippen molar-refractivity contribution in [3.05, 3.63) is 39.9 Å². The van der Waals surface area contributed by atoms with Crippen LogP contribution >= 0.6 is 0 Å². The quantitative estimate of drug-likeness (QED) is 0.484. The van der Waals surface area contributed by atoms with Gasteiger partial charge in [0.05, 0.1) is 4.92 Å². The molecule has 0 aliphatic rings. The van der Waals surface area contributed by atoms with Gasteiger partial charge < -0.3 is 20.7 Å². The van der Waals surface area contributed by atoms with Gasteiger partial charge in [-0.05, 0) is 32.3 Å². The average molecular weight is 422 g/mol. The number of hydrogen-bond acceptors (Lipinski definition) is 6. The summed E-state index contributed by atoms with van der Waals surface area (Å²) in [6.07, 6.45) is -0.666. The van der Waals surface area contributed by atoms with Crippen molar-refractivity contribution in [2.45, 2.75) is 58.7 Å². The first kappa shape index (κ1) is 24.9. The molecule has 1 aromatic rings. The van der Waals surface area contributed by atoms with Gasteiger partial charge in [-0.25, -0.2) is 4.79 Å². The molecule has 1 rings (SSSR count). The van der Waals surface area contributed by atoms with Gasteiger partial charge in [-0.3, -0.25) is 19.7 Å². The van der Waals surface area contributed by atoms with Gasteiger partial charge in [-0.2, -0.15) is 0 Å². The van der Waals surface area contributed by atoms with Crippen LogP contribution in [-0.4, -0.2) is 52.5 Å². The predicted octanol–water partition coefficient (Wildman–Crippen LogP) is 2.00. The molecule has 0 aliphatic heterocycles. The van der Waals surface area contributed by atoms with Crippen LogP contribution in [0.3, 0.4) is 0 Å². The van der Waals surface area contributed by atoms with Gasteiger partial charge in [0.2, 0.25) is 11.8 Å². The fraction of sp³-hybridized carbons (Fsp3) is 0.550. The molecule has 1 aromatic carbocycles. The Kier molecular flexibility index (Phi) is 8.32. The van der Waals surface area contributed by atoms with E-state index in [2.05, 4.69) is 5.32 Å². The van der Waals surface area contributed by atoms with E-state index in [1.165, 1.54) is 36.2 Å². The highest BCUT2D eigenvalue weighted by molar-refractivity contribution is 5.91. The summed E-state index contributed by atoms with van der Waals surface area (Å²) >= 11 is 0. The average Bonchev–Trinajstić information content (AvgIpc) is 2.61. The van der Waals surface area contributed by atoms with Crippen molar-refractivity contribution in [2.24, 2.45) is 11.7 Å². The second-order valence-electron chi connectivity index (χ2n) is 8.36. The second kappa shape index (κ2) is 10.0. The lowest BCUT2D eigenvalue weighted by atomic mass is 9.99. The predicted molar refractivity (Wildman–Crippen MR) is 111 cm³/mol. The first-order chi connectivity index (χ1) is 13.7. The van der Waals surface area contributed by atoms with E-state index < -0.39 is 40.5 Å². The SMILES string of the molecule is CC(C)[C@H](NC(=O)OC(C)(C)C)C(=O)N(C)[C@@H](Cc1ccc([N+](=O)[O-])cc1)C(N)=O. The van der Waals surface area contributed by atoms with Crippen molar-refractivity contribution in [3.63, 3.8) is 0 Å². The Labute approximate surface area is 175 Å². The van der Waals surface area contributed by atoms with E-state index in [9.17, 15) is 24.5 Å². The number of rotatable bonds is 8. The van der Waals surface area contributed by atoms with Gasteiger partial charge in [0, 0.05) is 25.6 Å². The minimum absolute atomic E-state index is 0.0762. The number of primary amides is 1. The minimum atomic E-state index is -0.999. The maximum atomic E-state index is 13.0. The van der Waals surface area contributed by atoms with Crippen molar-refractivity contribution in [1.29, 1.82) is 0 Å². The van der Waals surface area contributed by atoms with Crippen molar-refractivity contribution in [3.8, 4) is 0 Å². The van der Waals surface area contributed by atoms with Gasteiger partial charge in [0.1, 0.15) is 17.7 Å². The summed E-state index contributed by atoms with van der Waals surface area (Å²) in [6.45, 7) is 8.63. The summed E-state index contributed by atoms with van der Waals surface area (Å²) in [7, 11) is 1.43. The van der Waals surface area contributed by atoms with E-state index in [0.717, 1.165) is 0 Å². The molecule has 3 amide bonds. The molecule has 0 spiro atoms. The Morgan fingerprint density at radius 1 is 1.20 bits per heavy atom. The van der Waals surface area contributed by atoms with Crippen LogP contribution in [0.1, 0.15) is 40.2 Å². The molecule has 10 nitrogen and oxygen atoms in total. The topological polar surface area (TPSA) is 145 Å². The number of non-ortho nitro benzene ring substituents is 1. The van der Waals surface area contributed by atoms with Gasteiger partial charge in [0.25, 0.3) is 5.69 Å². The third-order valence-corrected chi connectivity index (χ3v) is 4.32. The Morgan fingerprint density at radius 2 is 1.73 bits per heavy atom. The summed E-state index contributed by atoms with van der Waals surface area (Å²) in [5, 5.41) is 13.3. The highest BCUT2D eigenvalue weighted by Gasteiger charge is 2.34. The number of ether oxygens (including phenoxy) is 1. The van der Waals surface area contributed by atoms with Crippen LogP contribution < -0.4 is 11.1 Å².